The van der Waals surface area contributed by atoms with Gasteiger partial charge in [0.15, 0.2) is 5.82 Å². The highest BCUT2D eigenvalue weighted by Crippen LogP contribution is 2.27. The van der Waals surface area contributed by atoms with Crippen molar-refractivity contribution in [1.82, 2.24) is 24.8 Å². The van der Waals surface area contributed by atoms with Crippen LogP contribution in [0, 0.1) is 0 Å². The number of nitrogens with one attached hydrogen (secondary N) is 1. The van der Waals surface area contributed by atoms with Crippen LogP contribution in [0.5, 0.6) is 0 Å². The summed E-state index contributed by atoms with van der Waals surface area (Å²) in [5, 5.41) is 8.75. The summed E-state index contributed by atoms with van der Waals surface area (Å²) in [4.78, 5) is 19.6. The van der Waals surface area contributed by atoms with Crippen LogP contribution in [0.15, 0.2) is 59.0 Å². The standard InChI is InChI=1S/C26H28ClN5O3/c1-31(14-11-18-7-3-2-4-8-18)25(33)23-22(17-28-19-12-15-34-16-13-19)32-26(35-23)29-24(30-32)20-9-5-6-10-21(20)27/h2-10,19,28H,11-17H2,1H3. The number of halogens is 1. The van der Waals surface area contributed by atoms with Crippen molar-refractivity contribution in [2.45, 2.75) is 31.8 Å². The molecule has 5 rings (SSSR count). The van der Waals surface area contributed by atoms with Crippen molar-refractivity contribution >= 4 is 23.4 Å². The van der Waals surface area contributed by atoms with Gasteiger partial charge in [0.05, 0.1) is 5.02 Å². The molecule has 182 valence electrons. The highest BCUT2D eigenvalue weighted by Gasteiger charge is 2.27. The molecular formula is C26H28ClN5O3. The number of fused-ring (bicyclic) bond motifs is 1. The first-order valence-corrected chi connectivity index (χ1v) is 12.2. The summed E-state index contributed by atoms with van der Waals surface area (Å²) in [6.45, 7) is 2.45. The maximum Gasteiger partial charge on any atom is 0.325 e. The molecule has 8 nitrogen and oxygen atoms in total. The monoisotopic (exact) mass is 493 g/mol. The second-order valence-corrected chi connectivity index (χ2v) is 9.12. The van der Waals surface area contributed by atoms with E-state index < -0.39 is 0 Å². The predicted molar refractivity (Wildman–Crippen MR) is 133 cm³/mol. The van der Waals surface area contributed by atoms with E-state index in [1.54, 1.807) is 22.5 Å². The first-order valence-electron chi connectivity index (χ1n) is 11.8. The molecular weight excluding hydrogens is 466 g/mol. The lowest BCUT2D eigenvalue weighted by Gasteiger charge is -2.23. The Balaban J connectivity index is 1.42. The number of ether oxygens (including phenoxy) is 1. The summed E-state index contributed by atoms with van der Waals surface area (Å²) in [5.41, 5.74) is 2.53. The Kier molecular flexibility index (Phi) is 7.13. The minimum atomic E-state index is -0.198. The van der Waals surface area contributed by atoms with E-state index in [9.17, 15) is 4.79 Å². The molecule has 0 spiro atoms. The Bertz CT molecular complexity index is 1300. The van der Waals surface area contributed by atoms with E-state index in [1.165, 1.54) is 5.56 Å². The number of likely N-dealkylation sites (N-methyl/N-ethyl adjacent to an activating group) is 1. The number of hydrogen-bond donors (Lipinski definition) is 1. The normalized spacial score (nSPS) is 14.5. The zero-order valence-electron chi connectivity index (χ0n) is 19.6. The van der Waals surface area contributed by atoms with Crippen LogP contribution in [-0.2, 0) is 17.7 Å². The third-order valence-electron chi connectivity index (χ3n) is 6.30. The Morgan fingerprint density at radius 2 is 1.89 bits per heavy atom. The summed E-state index contributed by atoms with van der Waals surface area (Å²) in [6.07, 6.45) is 2.60. The number of oxazole rings is 1. The van der Waals surface area contributed by atoms with Crippen LogP contribution in [0.2, 0.25) is 5.02 Å². The van der Waals surface area contributed by atoms with Crippen molar-refractivity contribution in [3.8, 4) is 11.4 Å². The molecule has 2 aromatic carbocycles. The van der Waals surface area contributed by atoms with E-state index >= 15 is 0 Å². The Morgan fingerprint density at radius 1 is 1.14 bits per heavy atom. The quantitative estimate of drug-likeness (QED) is 0.395. The number of rotatable bonds is 8. The van der Waals surface area contributed by atoms with E-state index in [4.69, 9.17) is 20.8 Å². The Morgan fingerprint density at radius 3 is 2.66 bits per heavy atom. The van der Waals surface area contributed by atoms with Crippen LogP contribution >= 0.6 is 11.6 Å². The molecule has 9 heteroatoms. The van der Waals surface area contributed by atoms with Gasteiger partial charge in [0.25, 0.3) is 5.91 Å². The number of hydrogen-bond acceptors (Lipinski definition) is 6. The lowest BCUT2D eigenvalue weighted by molar-refractivity contribution is 0.0752. The van der Waals surface area contributed by atoms with Gasteiger partial charge in [0, 0.05) is 45.0 Å². The highest BCUT2D eigenvalue weighted by atomic mass is 35.5. The zero-order valence-corrected chi connectivity index (χ0v) is 20.4. The van der Waals surface area contributed by atoms with Gasteiger partial charge in [-0.05, 0) is 37.0 Å². The molecule has 0 unspecified atom stereocenters. The van der Waals surface area contributed by atoms with Crippen LogP contribution in [0.1, 0.15) is 34.7 Å². The number of carbonyl (C=O) groups is 1. The van der Waals surface area contributed by atoms with Crippen LogP contribution in [0.4, 0.5) is 0 Å². The number of nitrogens with zero attached hydrogens (tertiary/aromatic N) is 4. The maximum absolute atomic E-state index is 13.4. The van der Waals surface area contributed by atoms with Crippen LogP contribution in [0.3, 0.4) is 0 Å². The molecule has 1 saturated heterocycles. The van der Waals surface area contributed by atoms with Crippen molar-refractivity contribution in [3.63, 3.8) is 0 Å². The number of benzene rings is 2. The van der Waals surface area contributed by atoms with Gasteiger partial charge < -0.3 is 19.4 Å². The van der Waals surface area contributed by atoms with Gasteiger partial charge in [-0.3, -0.25) is 4.79 Å². The average molecular weight is 494 g/mol. The smallest absolute Gasteiger partial charge is 0.325 e. The third-order valence-corrected chi connectivity index (χ3v) is 6.63. The van der Waals surface area contributed by atoms with Crippen molar-refractivity contribution in [2.24, 2.45) is 0 Å². The molecule has 0 bridgehead atoms. The van der Waals surface area contributed by atoms with Crippen LogP contribution in [-0.4, -0.2) is 58.3 Å². The number of aromatic nitrogens is 3. The number of amides is 1. The third kappa shape index (κ3) is 5.24. The lowest BCUT2D eigenvalue weighted by Crippen LogP contribution is -2.35. The van der Waals surface area contributed by atoms with E-state index in [2.05, 4.69) is 27.5 Å². The minimum Gasteiger partial charge on any atom is -0.416 e. The fourth-order valence-electron chi connectivity index (χ4n) is 4.22. The molecule has 0 atom stereocenters. The van der Waals surface area contributed by atoms with Crippen molar-refractivity contribution in [1.29, 1.82) is 0 Å². The van der Waals surface area contributed by atoms with Gasteiger partial charge in [-0.25, -0.2) is 0 Å². The van der Waals surface area contributed by atoms with Crippen molar-refractivity contribution in [2.75, 3.05) is 26.8 Å². The fourth-order valence-corrected chi connectivity index (χ4v) is 4.44. The Labute approximate surface area is 208 Å². The van der Waals surface area contributed by atoms with Gasteiger partial charge >= 0.3 is 5.84 Å². The molecule has 1 N–H and O–H groups in total. The first kappa shape index (κ1) is 23.5. The molecule has 4 aromatic rings. The highest BCUT2D eigenvalue weighted by molar-refractivity contribution is 6.33. The molecule has 1 amide bonds. The summed E-state index contributed by atoms with van der Waals surface area (Å²) >= 11 is 6.36. The molecule has 0 saturated carbocycles. The summed E-state index contributed by atoms with van der Waals surface area (Å²) < 4.78 is 13.1. The summed E-state index contributed by atoms with van der Waals surface area (Å²) in [7, 11) is 1.79. The number of carbonyl (C=O) groups excluding carboxylic acids is 1. The fraction of sp³-hybridized carbons (Fsp3) is 0.346. The van der Waals surface area contributed by atoms with Gasteiger partial charge in [-0.15, -0.1) is 5.10 Å². The van der Waals surface area contributed by atoms with E-state index in [0.717, 1.165) is 32.5 Å². The Hall–Kier alpha value is -3.20. The summed E-state index contributed by atoms with van der Waals surface area (Å²) in [6, 6.07) is 17.8. The second kappa shape index (κ2) is 10.6. The molecule has 0 aliphatic carbocycles. The zero-order chi connectivity index (χ0) is 24.2. The SMILES string of the molecule is CN(CCc1ccccc1)C(=O)c1oc2nc(-c3ccccc3Cl)nn2c1CNC1CCOCC1. The predicted octanol–water partition coefficient (Wildman–Crippen LogP) is 4.23. The van der Waals surface area contributed by atoms with E-state index in [-0.39, 0.29) is 17.5 Å². The molecule has 1 fully saturated rings. The van der Waals surface area contributed by atoms with Crippen molar-refractivity contribution < 1.29 is 13.9 Å². The van der Waals surface area contributed by atoms with Crippen LogP contribution in [0.25, 0.3) is 17.2 Å². The second-order valence-electron chi connectivity index (χ2n) is 8.72. The van der Waals surface area contributed by atoms with Crippen LogP contribution < -0.4 is 5.32 Å². The average Bonchev–Trinajstić information content (AvgIpc) is 3.45. The molecule has 2 aromatic heterocycles. The van der Waals surface area contributed by atoms with Crippen molar-refractivity contribution in [3.05, 3.63) is 76.6 Å². The van der Waals surface area contributed by atoms with E-state index in [1.807, 2.05) is 36.4 Å². The molecule has 1 aliphatic heterocycles. The summed E-state index contributed by atoms with van der Waals surface area (Å²) in [5.74, 6) is 0.777. The van der Waals surface area contributed by atoms with Gasteiger partial charge in [0.1, 0.15) is 5.69 Å². The van der Waals surface area contributed by atoms with E-state index in [0.29, 0.717) is 41.2 Å². The molecule has 1 aliphatic rings. The molecule has 35 heavy (non-hydrogen) atoms. The molecule has 0 radical (unpaired) electrons. The van der Waals surface area contributed by atoms with Gasteiger partial charge in [0.2, 0.25) is 5.76 Å². The lowest BCUT2D eigenvalue weighted by atomic mass is 10.1. The first-order chi connectivity index (χ1) is 17.1. The van der Waals surface area contributed by atoms with Gasteiger partial charge in [-0.2, -0.15) is 9.50 Å². The minimum absolute atomic E-state index is 0.198. The largest absolute Gasteiger partial charge is 0.416 e. The molecule has 3 heterocycles. The maximum atomic E-state index is 13.4. The van der Waals surface area contributed by atoms with Gasteiger partial charge in [-0.1, -0.05) is 54.1 Å². The topological polar surface area (TPSA) is 84.9 Å².